The zero-order chi connectivity index (χ0) is 12.4. The van der Waals surface area contributed by atoms with Gasteiger partial charge >= 0.3 is 5.97 Å². The monoisotopic (exact) mass is 228 g/mol. The molecule has 0 saturated heterocycles. The minimum Gasteiger partial charge on any atom is -0.507 e. The third kappa shape index (κ3) is 2.13. The molecular weight excluding hydrogens is 216 g/mol. The predicted molar refractivity (Wildman–Crippen MR) is 65.2 cm³/mol. The Bertz CT molecular complexity index is 573. The first-order valence-corrected chi connectivity index (χ1v) is 5.22. The van der Waals surface area contributed by atoms with Crippen LogP contribution in [0.4, 0.5) is 0 Å². The molecule has 17 heavy (non-hydrogen) atoms. The van der Waals surface area contributed by atoms with Gasteiger partial charge in [0.05, 0.1) is 0 Å². The number of benzene rings is 2. The lowest BCUT2D eigenvalue weighted by molar-refractivity contribution is 0.0694. The lowest BCUT2D eigenvalue weighted by Gasteiger charge is -2.07. The summed E-state index contributed by atoms with van der Waals surface area (Å²) in [6.45, 7) is 1.97. The Morgan fingerprint density at radius 1 is 1.12 bits per heavy atom. The first-order chi connectivity index (χ1) is 8.09. The molecule has 0 spiro atoms. The smallest absolute Gasteiger partial charge is 0.339 e. The first kappa shape index (κ1) is 11.2. The van der Waals surface area contributed by atoms with Crippen LogP contribution in [-0.2, 0) is 0 Å². The van der Waals surface area contributed by atoms with E-state index in [1.54, 1.807) is 6.07 Å². The number of carbonyl (C=O) groups is 1. The summed E-state index contributed by atoms with van der Waals surface area (Å²) in [5, 5.41) is 18.5. The van der Waals surface area contributed by atoms with Crippen LogP contribution in [-0.4, -0.2) is 16.2 Å². The largest absolute Gasteiger partial charge is 0.507 e. The van der Waals surface area contributed by atoms with E-state index < -0.39 is 5.97 Å². The molecule has 3 heteroatoms. The molecule has 0 unspecified atom stereocenters. The Kier molecular flexibility index (Phi) is 2.83. The van der Waals surface area contributed by atoms with Gasteiger partial charge in [-0.3, -0.25) is 0 Å². The van der Waals surface area contributed by atoms with Crippen molar-refractivity contribution in [3.63, 3.8) is 0 Å². The second kappa shape index (κ2) is 4.29. The van der Waals surface area contributed by atoms with Gasteiger partial charge in [0.2, 0.25) is 0 Å². The molecule has 0 radical (unpaired) electrons. The molecule has 0 aliphatic rings. The Balaban J connectivity index is 2.52. The fraction of sp³-hybridized carbons (Fsp3) is 0.0714. The van der Waals surface area contributed by atoms with E-state index in [9.17, 15) is 9.90 Å². The van der Waals surface area contributed by atoms with Crippen LogP contribution in [0.15, 0.2) is 42.5 Å². The van der Waals surface area contributed by atoms with Gasteiger partial charge in [-0.15, -0.1) is 0 Å². The SMILES string of the molecule is Cc1ccccc1-c1ccc(C(=O)O)c(O)c1. The van der Waals surface area contributed by atoms with Gasteiger partial charge in [0.1, 0.15) is 11.3 Å². The average molecular weight is 228 g/mol. The van der Waals surface area contributed by atoms with E-state index in [-0.39, 0.29) is 11.3 Å². The number of rotatable bonds is 2. The first-order valence-electron chi connectivity index (χ1n) is 5.22. The summed E-state index contributed by atoms with van der Waals surface area (Å²) >= 11 is 0. The summed E-state index contributed by atoms with van der Waals surface area (Å²) in [4.78, 5) is 10.8. The second-order valence-electron chi connectivity index (χ2n) is 3.85. The van der Waals surface area contributed by atoms with Crippen molar-refractivity contribution in [3.05, 3.63) is 53.6 Å². The molecule has 0 atom stereocenters. The van der Waals surface area contributed by atoms with Gasteiger partial charge in [-0.1, -0.05) is 30.3 Å². The molecule has 0 aromatic heterocycles. The Morgan fingerprint density at radius 3 is 2.41 bits per heavy atom. The Hall–Kier alpha value is -2.29. The van der Waals surface area contributed by atoms with E-state index in [4.69, 9.17) is 5.11 Å². The summed E-state index contributed by atoms with van der Waals surface area (Å²) in [5.41, 5.74) is 2.79. The highest BCUT2D eigenvalue weighted by molar-refractivity contribution is 5.91. The van der Waals surface area contributed by atoms with Crippen LogP contribution in [0.1, 0.15) is 15.9 Å². The van der Waals surface area contributed by atoms with Gasteiger partial charge in [0.25, 0.3) is 0 Å². The highest BCUT2D eigenvalue weighted by Crippen LogP contribution is 2.28. The maximum absolute atomic E-state index is 10.8. The molecule has 0 aliphatic carbocycles. The van der Waals surface area contributed by atoms with Crippen LogP contribution in [0.2, 0.25) is 0 Å². The van der Waals surface area contributed by atoms with Gasteiger partial charge in [-0.2, -0.15) is 0 Å². The number of phenols is 1. The fourth-order valence-corrected chi connectivity index (χ4v) is 1.78. The minimum atomic E-state index is -1.13. The van der Waals surface area contributed by atoms with Crippen molar-refractivity contribution < 1.29 is 15.0 Å². The number of hydrogen-bond donors (Lipinski definition) is 2. The van der Waals surface area contributed by atoms with Crippen LogP contribution in [0, 0.1) is 6.92 Å². The van der Waals surface area contributed by atoms with Crippen LogP contribution in [0.3, 0.4) is 0 Å². The number of aryl methyl sites for hydroxylation is 1. The third-order valence-corrected chi connectivity index (χ3v) is 2.68. The third-order valence-electron chi connectivity index (χ3n) is 2.68. The van der Waals surface area contributed by atoms with Crippen molar-refractivity contribution in [2.75, 3.05) is 0 Å². The molecule has 3 nitrogen and oxygen atoms in total. The van der Waals surface area contributed by atoms with Gasteiger partial charge < -0.3 is 10.2 Å². The van der Waals surface area contributed by atoms with E-state index in [0.717, 1.165) is 16.7 Å². The topological polar surface area (TPSA) is 57.5 Å². The molecule has 0 bridgehead atoms. The molecule has 2 aromatic carbocycles. The predicted octanol–water partition coefficient (Wildman–Crippen LogP) is 3.07. The summed E-state index contributed by atoms with van der Waals surface area (Å²) < 4.78 is 0. The summed E-state index contributed by atoms with van der Waals surface area (Å²) in [7, 11) is 0. The number of carboxylic acid groups (broad SMARTS) is 1. The van der Waals surface area contributed by atoms with Crippen molar-refractivity contribution in [2.45, 2.75) is 6.92 Å². The highest BCUT2D eigenvalue weighted by atomic mass is 16.4. The van der Waals surface area contributed by atoms with Crippen LogP contribution < -0.4 is 0 Å². The van der Waals surface area contributed by atoms with Gasteiger partial charge in [-0.05, 0) is 35.7 Å². The molecule has 0 fully saturated rings. The van der Waals surface area contributed by atoms with Crippen LogP contribution in [0.5, 0.6) is 5.75 Å². The number of aromatic carboxylic acids is 1. The number of carboxylic acids is 1. The maximum atomic E-state index is 10.8. The molecule has 0 saturated carbocycles. The zero-order valence-electron chi connectivity index (χ0n) is 9.34. The molecule has 0 heterocycles. The Labute approximate surface area is 99.0 Å². The van der Waals surface area contributed by atoms with E-state index in [1.165, 1.54) is 12.1 Å². The Morgan fingerprint density at radius 2 is 1.82 bits per heavy atom. The molecule has 0 aliphatic heterocycles. The molecule has 2 aromatic rings. The van der Waals surface area contributed by atoms with Crippen molar-refractivity contribution in [1.29, 1.82) is 0 Å². The second-order valence-corrected chi connectivity index (χ2v) is 3.85. The minimum absolute atomic E-state index is 0.0812. The maximum Gasteiger partial charge on any atom is 0.339 e. The van der Waals surface area contributed by atoms with Crippen molar-refractivity contribution >= 4 is 5.97 Å². The van der Waals surface area contributed by atoms with E-state index in [2.05, 4.69) is 0 Å². The normalized spacial score (nSPS) is 10.2. The van der Waals surface area contributed by atoms with Crippen LogP contribution in [0.25, 0.3) is 11.1 Å². The molecular formula is C14H12O3. The van der Waals surface area contributed by atoms with Gasteiger partial charge in [0.15, 0.2) is 0 Å². The summed E-state index contributed by atoms with van der Waals surface area (Å²) in [5.74, 6) is -1.34. The van der Waals surface area contributed by atoms with Gasteiger partial charge in [-0.25, -0.2) is 4.79 Å². The lowest BCUT2D eigenvalue weighted by Crippen LogP contribution is -1.96. The standard InChI is InChI=1S/C14H12O3/c1-9-4-2-3-5-11(9)10-6-7-12(14(16)17)13(15)8-10/h2-8,15H,1H3,(H,16,17). The molecule has 0 amide bonds. The summed E-state index contributed by atoms with van der Waals surface area (Å²) in [6.07, 6.45) is 0. The molecule has 2 N–H and O–H groups in total. The zero-order valence-corrected chi connectivity index (χ0v) is 9.34. The van der Waals surface area contributed by atoms with E-state index >= 15 is 0 Å². The number of hydrogen-bond acceptors (Lipinski definition) is 2. The highest BCUT2D eigenvalue weighted by Gasteiger charge is 2.10. The van der Waals surface area contributed by atoms with Crippen LogP contribution >= 0.6 is 0 Å². The van der Waals surface area contributed by atoms with E-state index in [0.29, 0.717) is 0 Å². The lowest BCUT2D eigenvalue weighted by atomic mass is 9.99. The van der Waals surface area contributed by atoms with Crippen molar-refractivity contribution in [2.24, 2.45) is 0 Å². The molecule has 2 rings (SSSR count). The van der Waals surface area contributed by atoms with Gasteiger partial charge in [0, 0.05) is 0 Å². The van der Waals surface area contributed by atoms with Crippen molar-refractivity contribution in [3.8, 4) is 16.9 Å². The average Bonchev–Trinajstić information content (AvgIpc) is 2.29. The number of aromatic hydroxyl groups is 1. The molecule has 86 valence electrons. The van der Waals surface area contributed by atoms with Crippen molar-refractivity contribution in [1.82, 2.24) is 0 Å². The van der Waals surface area contributed by atoms with E-state index in [1.807, 2.05) is 31.2 Å². The quantitative estimate of drug-likeness (QED) is 0.830. The fourth-order valence-electron chi connectivity index (χ4n) is 1.78. The summed E-state index contributed by atoms with van der Waals surface area (Å²) in [6, 6.07) is 12.3.